The van der Waals surface area contributed by atoms with Gasteiger partial charge in [-0.25, -0.2) is 4.79 Å². The lowest BCUT2D eigenvalue weighted by atomic mass is 10.2. The maximum atomic E-state index is 11.9. The van der Waals surface area contributed by atoms with Crippen LogP contribution in [-0.4, -0.2) is 56.0 Å². The van der Waals surface area contributed by atoms with Gasteiger partial charge in [0.05, 0.1) is 19.6 Å². The molecule has 8 heteroatoms. The molecule has 1 rings (SSSR count). The molecule has 0 aliphatic carbocycles. The summed E-state index contributed by atoms with van der Waals surface area (Å²) in [5.74, 6) is -0.895. The number of nitrogens with zero attached hydrogens (tertiary/aromatic N) is 2. The van der Waals surface area contributed by atoms with E-state index in [-0.39, 0.29) is 13.0 Å². The van der Waals surface area contributed by atoms with Crippen molar-refractivity contribution in [3.63, 3.8) is 0 Å². The normalized spacial score (nSPS) is 11.3. The smallest absolute Gasteiger partial charge is 0.328 e. The number of nitriles is 1. The summed E-state index contributed by atoms with van der Waals surface area (Å²) in [6.07, 6.45) is 3.09. The molecule has 0 unspecified atom stereocenters. The van der Waals surface area contributed by atoms with Crippen LogP contribution in [0.4, 0.5) is 0 Å². The van der Waals surface area contributed by atoms with E-state index in [1.54, 1.807) is 37.5 Å². The van der Waals surface area contributed by atoms with Crippen LogP contribution in [-0.2, 0) is 19.1 Å². The van der Waals surface area contributed by atoms with Gasteiger partial charge in [0, 0.05) is 19.7 Å². The molecule has 0 aliphatic rings. The minimum Gasteiger partial charge on any atom is -0.497 e. The van der Waals surface area contributed by atoms with Crippen molar-refractivity contribution in [3.8, 4) is 11.8 Å². The molecule has 0 fully saturated rings. The lowest BCUT2D eigenvalue weighted by molar-refractivity contribution is -0.153. The van der Waals surface area contributed by atoms with Gasteiger partial charge >= 0.3 is 5.97 Å². The van der Waals surface area contributed by atoms with Gasteiger partial charge in [0.2, 0.25) is 5.91 Å². The molecule has 1 atom stereocenters. The second kappa shape index (κ2) is 11.3. The summed E-state index contributed by atoms with van der Waals surface area (Å²) in [4.78, 5) is 36.8. The van der Waals surface area contributed by atoms with Crippen LogP contribution in [0.1, 0.15) is 18.9 Å². The van der Waals surface area contributed by atoms with Gasteiger partial charge in [-0.2, -0.15) is 5.26 Å². The van der Waals surface area contributed by atoms with Gasteiger partial charge in [-0.1, -0.05) is 12.1 Å². The highest BCUT2D eigenvalue weighted by Crippen LogP contribution is 2.12. The van der Waals surface area contributed by atoms with Crippen molar-refractivity contribution in [2.45, 2.75) is 19.4 Å². The minimum absolute atomic E-state index is 0.198. The molecule has 0 bridgehead atoms. The number of benzene rings is 1. The van der Waals surface area contributed by atoms with Gasteiger partial charge < -0.3 is 19.7 Å². The molecule has 144 valence electrons. The summed E-state index contributed by atoms with van der Waals surface area (Å²) in [6.45, 7) is 1.28. The summed E-state index contributed by atoms with van der Waals surface area (Å²) in [7, 11) is 3.08. The second-order valence-corrected chi connectivity index (χ2v) is 5.67. The number of ether oxygens (including phenoxy) is 2. The van der Waals surface area contributed by atoms with E-state index in [4.69, 9.17) is 14.7 Å². The third-order valence-corrected chi connectivity index (χ3v) is 3.58. The lowest BCUT2D eigenvalue weighted by Gasteiger charge is -2.16. The van der Waals surface area contributed by atoms with Gasteiger partial charge in [-0.15, -0.1) is 0 Å². The fraction of sp³-hybridized carbons (Fsp3) is 0.368. The van der Waals surface area contributed by atoms with Crippen LogP contribution in [0.3, 0.4) is 0 Å². The molecular weight excluding hydrogens is 350 g/mol. The van der Waals surface area contributed by atoms with Crippen LogP contribution in [0.5, 0.6) is 5.75 Å². The number of hydrogen-bond acceptors (Lipinski definition) is 6. The molecule has 0 heterocycles. The van der Waals surface area contributed by atoms with Crippen LogP contribution in [0.15, 0.2) is 30.3 Å². The largest absolute Gasteiger partial charge is 0.497 e. The zero-order valence-electron chi connectivity index (χ0n) is 15.6. The van der Waals surface area contributed by atoms with Crippen molar-refractivity contribution in [2.75, 3.05) is 27.3 Å². The Hall–Kier alpha value is -3.34. The van der Waals surface area contributed by atoms with E-state index < -0.39 is 30.4 Å². The number of hydrogen-bond donors (Lipinski definition) is 1. The number of esters is 1. The first-order valence-electron chi connectivity index (χ1n) is 8.27. The first kappa shape index (κ1) is 21.7. The molecule has 27 heavy (non-hydrogen) atoms. The lowest BCUT2D eigenvalue weighted by Crippen LogP contribution is -2.40. The maximum Gasteiger partial charge on any atom is 0.328 e. The Morgan fingerprint density at radius 2 is 1.96 bits per heavy atom. The number of methoxy groups -OCH3 is 1. The van der Waals surface area contributed by atoms with Crippen molar-refractivity contribution in [1.82, 2.24) is 10.2 Å². The number of carbonyl (C=O) groups is 3. The Bertz CT molecular complexity index is 722. The van der Waals surface area contributed by atoms with Crippen LogP contribution in [0, 0.1) is 11.3 Å². The molecular formula is C19H23N3O5. The number of nitrogens with one attached hydrogen (secondary N) is 1. The number of rotatable bonds is 9. The molecule has 0 saturated carbocycles. The molecule has 8 nitrogen and oxygen atoms in total. The zero-order chi connectivity index (χ0) is 20.2. The predicted octanol–water partition coefficient (Wildman–Crippen LogP) is 1.13. The van der Waals surface area contributed by atoms with E-state index in [0.29, 0.717) is 5.75 Å². The SMILES string of the molecule is COc1ccc(/C=C/C(=O)N[C@@H](C)C(=O)OCC(=O)N(C)CCC#N)cc1. The van der Waals surface area contributed by atoms with Gasteiger partial charge in [-0.3, -0.25) is 9.59 Å². The number of carbonyl (C=O) groups excluding carboxylic acids is 3. The van der Waals surface area contributed by atoms with E-state index >= 15 is 0 Å². The van der Waals surface area contributed by atoms with E-state index in [1.165, 1.54) is 24.9 Å². The zero-order valence-corrected chi connectivity index (χ0v) is 15.6. The predicted molar refractivity (Wildman–Crippen MR) is 98.5 cm³/mol. The van der Waals surface area contributed by atoms with Crippen LogP contribution in [0.2, 0.25) is 0 Å². The summed E-state index contributed by atoms with van der Waals surface area (Å²) >= 11 is 0. The number of likely N-dealkylation sites (N-methyl/N-ethyl adjacent to an activating group) is 1. The van der Waals surface area contributed by atoms with Crippen LogP contribution in [0.25, 0.3) is 6.08 Å². The average Bonchev–Trinajstić information content (AvgIpc) is 2.68. The Labute approximate surface area is 158 Å². The van der Waals surface area contributed by atoms with Crippen molar-refractivity contribution in [2.24, 2.45) is 0 Å². The number of amides is 2. The third kappa shape index (κ3) is 8.05. The highest BCUT2D eigenvalue weighted by Gasteiger charge is 2.18. The first-order valence-corrected chi connectivity index (χ1v) is 8.27. The fourth-order valence-electron chi connectivity index (χ4n) is 1.92. The standard InChI is InChI=1S/C19H23N3O5/c1-14(19(25)27-13-18(24)22(2)12-4-11-20)21-17(23)10-7-15-5-8-16(26-3)9-6-15/h5-10,14H,4,12-13H2,1-3H3,(H,21,23)/b10-7+/t14-/m0/s1. The molecule has 0 spiro atoms. The maximum absolute atomic E-state index is 11.9. The van der Waals surface area contributed by atoms with E-state index in [9.17, 15) is 14.4 Å². The monoisotopic (exact) mass is 373 g/mol. The molecule has 0 radical (unpaired) electrons. The molecule has 1 aromatic carbocycles. The Morgan fingerprint density at radius 3 is 2.56 bits per heavy atom. The van der Waals surface area contributed by atoms with Crippen LogP contribution < -0.4 is 10.1 Å². The van der Waals surface area contributed by atoms with E-state index in [2.05, 4.69) is 5.32 Å². The summed E-state index contributed by atoms with van der Waals surface area (Å²) < 4.78 is 9.94. The second-order valence-electron chi connectivity index (χ2n) is 5.67. The first-order chi connectivity index (χ1) is 12.9. The van der Waals surface area contributed by atoms with E-state index in [0.717, 1.165) is 5.56 Å². The van der Waals surface area contributed by atoms with Crippen molar-refractivity contribution in [1.29, 1.82) is 5.26 Å². The molecule has 0 aromatic heterocycles. The summed E-state index contributed by atoms with van der Waals surface area (Å²) in [5.41, 5.74) is 0.798. The molecule has 0 saturated heterocycles. The van der Waals surface area contributed by atoms with Crippen molar-refractivity contribution < 1.29 is 23.9 Å². The molecule has 2 amide bonds. The highest BCUT2D eigenvalue weighted by atomic mass is 16.5. The van der Waals surface area contributed by atoms with Crippen molar-refractivity contribution >= 4 is 23.9 Å². The summed E-state index contributed by atoms with van der Waals surface area (Å²) in [6, 6.07) is 8.12. The Balaban J connectivity index is 2.42. The Morgan fingerprint density at radius 1 is 1.30 bits per heavy atom. The van der Waals surface area contributed by atoms with Gasteiger partial charge in [-0.05, 0) is 30.7 Å². The average molecular weight is 373 g/mol. The van der Waals surface area contributed by atoms with Gasteiger partial charge in [0.1, 0.15) is 11.8 Å². The van der Waals surface area contributed by atoms with Crippen molar-refractivity contribution in [3.05, 3.63) is 35.9 Å². The quantitative estimate of drug-likeness (QED) is 0.513. The molecule has 1 aromatic rings. The highest BCUT2D eigenvalue weighted by molar-refractivity contribution is 5.94. The fourth-order valence-corrected chi connectivity index (χ4v) is 1.92. The molecule has 0 aliphatic heterocycles. The molecule has 1 N–H and O–H groups in total. The van der Waals surface area contributed by atoms with Gasteiger partial charge in [0.15, 0.2) is 6.61 Å². The van der Waals surface area contributed by atoms with E-state index in [1.807, 2.05) is 6.07 Å². The van der Waals surface area contributed by atoms with Crippen LogP contribution >= 0.6 is 0 Å². The topological polar surface area (TPSA) is 109 Å². The third-order valence-electron chi connectivity index (χ3n) is 3.58. The van der Waals surface area contributed by atoms with Gasteiger partial charge in [0.25, 0.3) is 5.91 Å². The minimum atomic E-state index is -0.907. The Kier molecular flexibility index (Phi) is 9.09. The summed E-state index contributed by atoms with van der Waals surface area (Å²) in [5, 5.41) is 11.0.